The van der Waals surface area contributed by atoms with E-state index in [1.165, 1.54) is 57.2 Å². The van der Waals surface area contributed by atoms with Crippen molar-refractivity contribution in [3.05, 3.63) is 101 Å². The van der Waals surface area contributed by atoms with E-state index in [0.717, 1.165) is 36.8 Å². The second-order valence-electron chi connectivity index (χ2n) is 9.30. The number of carbonyl (C=O) groups is 2. The molecule has 0 bridgehead atoms. The monoisotopic (exact) mass is 534 g/mol. The molecule has 0 spiro atoms. The Morgan fingerprint density at radius 3 is 2.05 bits per heavy atom. The first kappa shape index (κ1) is 29.5. The van der Waals surface area contributed by atoms with Gasteiger partial charge in [0.05, 0.1) is 25.0 Å². The van der Waals surface area contributed by atoms with Gasteiger partial charge < -0.3 is 14.6 Å². The van der Waals surface area contributed by atoms with E-state index < -0.39 is 23.3 Å². The molecule has 5 nitrogen and oxygen atoms in total. The maximum atomic E-state index is 12.4. The third-order valence-corrected chi connectivity index (χ3v) is 8.02. The zero-order valence-electron chi connectivity index (χ0n) is 22.3. The van der Waals surface area contributed by atoms with Crippen molar-refractivity contribution in [2.24, 2.45) is 0 Å². The van der Waals surface area contributed by atoms with Crippen molar-refractivity contribution in [2.75, 3.05) is 14.2 Å². The number of unbranched alkanes of at least 4 members (excludes halogenated alkanes) is 5. The Morgan fingerprint density at radius 1 is 0.737 bits per heavy atom. The van der Waals surface area contributed by atoms with E-state index in [4.69, 9.17) is 9.47 Å². The predicted molar refractivity (Wildman–Crippen MR) is 152 cm³/mol. The van der Waals surface area contributed by atoms with Crippen LogP contribution in [0.25, 0.3) is 0 Å². The van der Waals surface area contributed by atoms with Crippen LogP contribution in [0.15, 0.2) is 83.8 Å². The molecule has 3 rings (SSSR count). The summed E-state index contributed by atoms with van der Waals surface area (Å²) in [6, 6.07) is 25.6. The Morgan fingerprint density at radius 2 is 1.34 bits per heavy atom. The Hall–Kier alpha value is -3.09. The minimum absolute atomic E-state index is 0.395. The first-order valence-corrected chi connectivity index (χ1v) is 14.1. The van der Waals surface area contributed by atoms with Crippen LogP contribution in [0.1, 0.15) is 70.8 Å². The molecule has 0 aliphatic carbocycles. The molecule has 3 aromatic carbocycles. The summed E-state index contributed by atoms with van der Waals surface area (Å²) in [7, 11) is 2.60. The highest BCUT2D eigenvalue weighted by Crippen LogP contribution is 2.41. The largest absolute Gasteiger partial charge is 0.467 e. The Kier molecular flexibility index (Phi) is 12.4. The molecular weight excluding hydrogens is 496 g/mol. The smallest absolute Gasteiger partial charge is 0.338 e. The number of aliphatic hydroxyl groups excluding tert-OH is 1. The van der Waals surface area contributed by atoms with Crippen LogP contribution in [0, 0.1) is 0 Å². The second-order valence-corrected chi connectivity index (χ2v) is 10.5. The first-order chi connectivity index (χ1) is 18.5. The van der Waals surface area contributed by atoms with Gasteiger partial charge in [-0.3, -0.25) is 0 Å². The molecule has 0 amide bonds. The fourth-order valence-corrected chi connectivity index (χ4v) is 5.87. The minimum Gasteiger partial charge on any atom is -0.467 e. The Labute approximate surface area is 230 Å². The van der Waals surface area contributed by atoms with Crippen LogP contribution in [0.2, 0.25) is 0 Å². The SMILES string of the molecule is COC(=O)c1ccccc1S[C@H](c1ccccc1CCCCCCCCc1ccccc1)[C@@H](O)C(=O)OC. The third-order valence-electron chi connectivity index (χ3n) is 6.64. The lowest BCUT2D eigenvalue weighted by atomic mass is 9.96. The van der Waals surface area contributed by atoms with Gasteiger partial charge in [0, 0.05) is 4.90 Å². The van der Waals surface area contributed by atoms with Crippen molar-refractivity contribution in [2.45, 2.75) is 67.6 Å². The number of aryl methyl sites for hydroxylation is 2. The number of aliphatic hydroxyl groups is 1. The van der Waals surface area contributed by atoms with Gasteiger partial charge in [0.25, 0.3) is 0 Å². The van der Waals surface area contributed by atoms with Crippen molar-refractivity contribution in [3.8, 4) is 0 Å². The van der Waals surface area contributed by atoms with E-state index in [1.807, 2.05) is 24.3 Å². The van der Waals surface area contributed by atoms with Gasteiger partial charge in [-0.1, -0.05) is 92.4 Å². The summed E-state index contributed by atoms with van der Waals surface area (Å²) < 4.78 is 9.80. The predicted octanol–water partition coefficient (Wildman–Crippen LogP) is 6.97. The number of hydrogen-bond acceptors (Lipinski definition) is 6. The van der Waals surface area contributed by atoms with E-state index >= 15 is 0 Å². The van der Waals surface area contributed by atoms with E-state index in [2.05, 4.69) is 36.4 Å². The highest BCUT2D eigenvalue weighted by atomic mass is 32.2. The fourth-order valence-electron chi connectivity index (χ4n) is 4.56. The lowest BCUT2D eigenvalue weighted by Gasteiger charge is -2.24. The molecule has 6 heteroatoms. The van der Waals surface area contributed by atoms with Crippen LogP contribution in [0.4, 0.5) is 0 Å². The molecule has 0 radical (unpaired) electrons. The zero-order chi connectivity index (χ0) is 27.2. The number of methoxy groups -OCH3 is 2. The summed E-state index contributed by atoms with van der Waals surface area (Å²) in [6.07, 6.45) is 7.60. The average molecular weight is 535 g/mol. The number of rotatable bonds is 15. The third kappa shape index (κ3) is 8.74. The van der Waals surface area contributed by atoms with Gasteiger partial charge >= 0.3 is 11.9 Å². The average Bonchev–Trinajstić information content (AvgIpc) is 2.97. The Balaban J connectivity index is 1.63. The molecule has 0 heterocycles. The summed E-state index contributed by atoms with van der Waals surface area (Å²) in [5, 5.41) is 10.3. The number of ether oxygens (including phenoxy) is 2. The van der Waals surface area contributed by atoms with Crippen LogP contribution in [-0.4, -0.2) is 37.4 Å². The van der Waals surface area contributed by atoms with Gasteiger partial charge in [-0.05, 0) is 54.5 Å². The molecule has 0 fully saturated rings. The van der Waals surface area contributed by atoms with Crippen molar-refractivity contribution in [1.82, 2.24) is 0 Å². The van der Waals surface area contributed by atoms with E-state index in [1.54, 1.807) is 18.2 Å². The van der Waals surface area contributed by atoms with E-state index in [0.29, 0.717) is 10.5 Å². The maximum Gasteiger partial charge on any atom is 0.338 e. The molecule has 0 unspecified atom stereocenters. The molecule has 0 aliphatic heterocycles. The van der Waals surface area contributed by atoms with Gasteiger partial charge in [0.15, 0.2) is 6.10 Å². The number of benzene rings is 3. The number of carbonyl (C=O) groups excluding carboxylic acids is 2. The molecule has 2 atom stereocenters. The molecule has 0 aliphatic rings. The van der Waals surface area contributed by atoms with Crippen LogP contribution in [0.3, 0.4) is 0 Å². The second kappa shape index (κ2) is 16.0. The molecule has 38 heavy (non-hydrogen) atoms. The fraction of sp³-hybridized carbons (Fsp3) is 0.375. The van der Waals surface area contributed by atoms with Crippen LogP contribution >= 0.6 is 11.8 Å². The summed E-state index contributed by atoms with van der Waals surface area (Å²) in [5.41, 5.74) is 3.76. The normalized spacial score (nSPS) is 12.5. The van der Waals surface area contributed by atoms with Crippen LogP contribution < -0.4 is 0 Å². The number of thioether (sulfide) groups is 1. The standard InChI is InChI=1S/C32H38O5S/c1-36-31(34)27-22-14-15-23-28(27)38-30(29(33)32(35)37-2)26-21-13-12-20-25(26)19-11-6-4-3-5-8-16-24-17-9-7-10-18-24/h7,9-10,12-15,17-18,20-23,29-30,33H,3-6,8,11,16,19H2,1-2H3/t29-,30-/m1/s1. The lowest BCUT2D eigenvalue weighted by Crippen LogP contribution is -2.28. The maximum absolute atomic E-state index is 12.4. The zero-order valence-corrected chi connectivity index (χ0v) is 23.1. The van der Waals surface area contributed by atoms with Crippen LogP contribution in [0.5, 0.6) is 0 Å². The van der Waals surface area contributed by atoms with Crippen molar-refractivity contribution >= 4 is 23.7 Å². The lowest BCUT2D eigenvalue weighted by molar-refractivity contribution is -0.150. The van der Waals surface area contributed by atoms with E-state index in [-0.39, 0.29) is 0 Å². The summed E-state index contributed by atoms with van der Waals surface area (Å²) in [5.74, 6) is -1.17. The van der Waals surface area contributed by atoms with Gasteiger partial charge in [0.1, 0.15) is 0 Å². The van der Waals surface area contributed by atoms with E-state index in [9.17, 15) is 14.7 Å². The Bertz CT molecular complexity index is 1150. The summed E-state index contributed by atoms with van der Waals surface area (Å²) >= 11 is 1.28. The number of hydrogen-bond donors (Lipinski definition) is 1. The van der Waals surface area contributed by atoms with Gasteiger partial charge in [-0.2, -0.15) is 0 Å². The quantitative estimate of drug-likeness (QED) is 0.129. The molecule has 0 saturated heterocycles. The molecule has 0 aromatic heterocycles. The number of esters is 2. The highest BCUT2D eigenvalue weighted by Gasteiger charge is 2.32. The van der Waals surface area contributed by atoms with Gasteiger partial charge in [0.2, 0.25) is 0 Å². The first-order valence-electron chi connectivity index (χ1n) is 13.3. The van der Waals surface area contributed by atoms with Crippen molar-refractivity contribution in [3.63, 3.8) is 0 Å². The highest BCUT2D eigenvalue weighted by molar-refractivity contribution is 7.99. The molecule has 1 N–H and O–H groups in total. The van der Waals surface area contributed by atoms with Crippen molar-refractivity contribution in [1.29, 1.82) is 0 Å². The topological polar surface area (TPSA) is 72.8 Å². The minimum atomic E-state index is -1.39. The van der Waals surface area contributed by atoms with Crippen LogP contribution in [-0.2, 0) is 27.1 Å². The summed E-state index contributed by atoms with van der Waals surface area (Å²) in [6.45, 7) is 0. The molecular formula is C32H38O5S. The van der Waals surface area contributed by atoms with Gasteiger partial charge in [-0.15, -0.1) is 11.8 Å². The molecule has 202 valence electrons. The van der Waals surface area contributed by atoms with Gasteiger partial charge in [-0.25, -0.2) is 9.59 Å². The van der Waals surface area contributed by atoms with Crippen molar-refractivity contribution < 1.29 is 24.2 Å². The molecule has 3 aromatic rings. The summed E-state index contributed by atoms with van der Waals surface area (Å²) in [4.78, 5) is 25.4. The molecule has 0 saturated carbocycles.